The van der Waals surface area contributed by atoms with Crippen LogP contribution in [-0.4, -0.2) is 32.4 Å². The zero-order chi connectivity index (χ0) is 18.3. The molecule has 0 aliphatic heterocycles. The maximum atomic E-state index is 9.29. The first-order chi connectivity index (χ1) is 12.6. The molecule has 0 spiro atoms. The van der Waals surface area contributed by atoms with Gasteiger partial charge in [0.15, 0.2) is 5.82 Å². The first kappa shape index (κ1) is 16.8. The number of H-pyrrole nitrogens is 2. The second-order valence-corrected chi connectivity index (χ2v) is 6.92. The van der Waals surface area contributed by atoms with Gasteiger partial charge in [-0.25, -0.2) is 4.98 Å². The minimum atomic E-state index is -0.0313. The highest BCUT2D eigenvalue weighted by Crippen LogP contribution is 2.32. The molecule has 0 radical (unpaired) electrons. The van der Waals surface area contributed by atoms with E-state index in [1.807, 2.05) is 37.3 Å². The summed E-state index contributed by atoms with van der Waals surface area (Å²) in [6.45, 7) is 2.01. The molecule has 0 aliphatic rings. The highest BCUT2D eigenvalue weighted by molar-refractivity contribution is 9.10. The summed E-state index contributed by atoms with van der Waals surface area (Å²) in [7, 11) is 1.60. The fraction of sp³-hybridized carbons (Fsp3) is 0.158. The Kier molecular flexibility index (Phi) is 4.26. The van der Waals surface area contributed by atoms with Gasteiger partial charge in [0.25, 0.3) is 0 Å². The van der Waals surface area contributed by atoms with E-state index in [0.717, 1.165) is 49.4 Å². The van der Waals surface area contributed by atoms with Gasteiger partial charge in [-0.3, -0.25) is 5.10 Å². The fourth-order valence-electron chi connectivity index (χ4n) is 2.89. The Labute approximate surface area is 158 Å². The van der Waals surface area contributed by atoms with Gasteiger partial charge < -0.3 is 14.8 Å². The van der Waals surface area contributed by atoms with Crippen LogP contribution in [0.1, 0.15) is 11.1 Å². The van der Waals surface area contributed by atoms with Crippen molar-refractivity contribution in [1.29, 1.82) is 0 Å². The number of hydrogen-bond acceptors (Lipinski definition) is 4. The highest BCUT2D eigenvalue weighted by atomic mass is 79.9. The summed E-state index contributed by atoms with van der Waals surface area (Å²) in [4.78, 5) is 7.96. The average molecular weight is 413 g/mol. The molecule has 4 aromatic rings. The number of aromatic amines is 2. The standard InChI is InChI=1S/C19H17BrN4O2/c1-10-5-15-16(7-13(10)20)22-19(21-15)17-8-14(23-24-17)12-4-3-11(9-25)6-18(12)26-2/h3-8,25H,9H2,1-2H3,(H,21,22)(H,23,24). The number of rotatable bonds is 4. The summed E-state index contributed by atoms with van der Waals surface area (Å²) in [5.41, 5.74) is 6.19. The second-order valence-electron chi connectivity index (χ2n) is 6.06. The minimum Gasteiger partial charge on any atom is -0.496 e. The van der Waals surface area contributed by atoms with Crippen molar-refractivity contribution in [1.82, 2.24) is 20.2 Å². The van der Waals surface area contributed by atoms with E-state index in [-0.39, 0.29) is 6.61 Å². The van der Waals surface area contributed by atoms with Gasteiger partial charge in [0.1, 0.15) is 11.4 Å². The number of benzene rings is 2. The van der Waals surface area contributed by atoms with Gasteiger partial charge in [-0.05, 0) is 48.4 Å². The number of halogens is 1. The molecule has 2 aromatic heterocycles. The lowest BCUT2D eigenvalue weighted by Gasteiger charge is -2.07. The van der Waals surface area contributed by atoms with Gasteiger partial charge in [0.2, 0.25) is 0 Å². The monoisotopic (exact) mass is 412 g/mol. The number of imidazole rings is 1. The maximum absolute atomic E-state index is 9.29. The summed E-state index contributed by atoms with van der Waals surface area (Å²) in [6.07, 6.45) is 0. The van der Waals surface area contributed by atoms with Gasteiger partial charge in [-0.15, -0.1) is 0 Å². The quantitative estimate of drug-likeness (QED) is 0.468. The molecule has 0 amide bonds. The minimum absolute atomic E-state index is 0.0313. The van der Waals surface area contributed by atoms with Crippen molar-refractivity contribution >= 4 is 27.0 Å². The van der Waals surface area contributed by atoms with Crippen LogP contribution in [0.5, 0.6) is 5.75 Å². The van der Waals surface area contributed by atoms with Gasteiger partial charge in [0.05, 0.1) is 30.4 Å². The lowest BCUT2D eigenvalue weighted by molar-refractivity contribution is 0.281. The third-order valence-corrected chi connectivity index (χ3v) is 5.17. The van der Waals surface area contributed by atoms with Crippen LogP contribution in [0, 0.1) is 6.92 Å². The van der Waals surface area contributed by atoms with E-state index < -0.39 is 0 Å². The van der Waals surface area contributed by atoms with Crippen LogP contribution in [0.4, 0.5) is 0 Å². The number of aryl methyl sites for hydroxylation is 1. The van der Waals surface area contributed by atoms with Gasteiger partial charge in [-0.2, -0.15) is 5.10 Å². The summed E-state index contributed by atoms with van der Waals surface area (Å²) in [6, 6.07) is 11.5. The molecular formula is C19H17BrN4O2. The van der Waals surface area contributed by atoms with Crippen molar-refractivity contribution in [2.24, 2.45) is 0 Å². The zero-order valence-corrected chi connectivity index (χ0v) is 15.9. The molecule has 2 aromatic carbocycles. The molecule has 2 heterocycles. The molecule has 0 saturated carbocycles. The van der Waals surface area contributed by atoms with E-state index in [4.69, 9.17) is 4.74 Å². The molecule has 0 fully saturated rings. The SMILES string of the molecule is COc1cc(CO)ccc1-c1cc(-c2nc3cc(Br)c(C)cc3[nH]2)[nH]n1. The number of methoxy groups -OCH3 is 1. The van der Waals surface area contributed by atoms with Crippen molar-refractivity contribution < 1.29 is 9.84 Å². The molecule has 0 saturated heterocycles. The molecule has 26 heavy (non-hydrogen) atoms. The number of nitrogens with one attached hydrogen (secondary N) is 2. The molecule has 0 atom stereocenters. The number of aliphatic hydroxyl groups is 1. The maximum Gasteiger partial charge on any atom is 0.156 e. The number of ether oxygens (including phenoxy) is 1. The number of nitrogens with zero attached hydrogens (tertiary/aromatic N) is 2. The van der Waals surface area contributed by atoms with E-state index in [9.17, 15) is 5.11 Å². The number of fused-ring (bicyclic) bond motifs is 1. The Hall–Kier alpha value is -2.64. The predicted molar refractivity (Wildman–Crippen MR) is 104 cm³/mol. The third-order valence-electron chi connectivity index (χ3n) is 4.32. The molecule has 6 nitrogen and oxygen atoms in total. The molecule has 3 N–H and O–H groups in total. The first-order valence-corrected chi connectivity index (χ1v) is 8.88. The largest absolute Gasteiger partial charge is 0.496 e. The molecule has 132 valence electrons. The van der Waals surface area contributed by atoms with Crippen LogP contribution in [0.15, 0.2) is 40.9 Å². The normalized spacial score (nSPS) is 11.2. The fourth-order valence-corrected chi connectivity index (χ4v) is 3.23. The average Bonchev–Trinajstić information content (AvgIpc) is 3.28. The molecule has 0 unspecified atom stereocenters. The van der Waals surface area contributed by atoms with Crippen molar-refractivity contribution in [3.05, 3.63) is 52.0 Å². The van der Waals surface area contributed by atoms with E-state index in [0.29, 0.717) is 5.75 Å². The summed E-state index contributed by atoms with van der Waals surface area (Å²) < 4.78 is 6.47. The Morgan fingerprint density at radius 2 is 2.04 bits per heavy atom. The van der Waals surface area contributed by atoms with Gasteiger partial charge >= 0.3 is 0 Å². The van der Waals surface area contributed by atoms with E-state index >= 15 is 0 Å². The third kappa shape index (κ3) is 2.89. The van der Waals surface area contributed by atoms with Crippen LogP contribution in [0.3, 0.4) is 0 Å². The summed E-state index contributed by atoms with van der Waals surface area (Å²) in [5.74, 6) is 1.39. The van der Waals surface area contributed by atoms with Crippen LogP contribution >= 0.6 is 15.9 Å². The van der Waals surface area contributed by atoms with Crippen molar-refractivity contribution in [3.63, 3.8) is 0 Å². The Morgan fingerprint density at radius 1 is 1.19 bits per heavy atom. The van der Waals surface area contributed by atoms with Crippen LogP contribution in [0.2, 0.25) is 0 Å². The number of aliphatic hydroxyl groups excluding tert-OH is 1. The Bertz CT molecular complexity index is 1060. The van der Waals surface area contributed by atoms with E-state index in [1.165, 1.54) is 0 Å². The first-order valence-electron chi connectivity index (χ1n) is 8.09. The van der Waals surface area contributed by atoms with Crippen molar-refractivity contribution in [3.8, 4) is 28.5 Å². The molecule has 0 aliphatic carbocycles. The topological polar surface area (TPSA) is 86.8 Å². The van der Waals surface area contributed by atoms with Gasteiger partial charge in [-0.1, -0.05) is 22.0 Å². The highest BCUT2D eigenvalue weighted by Gasteiger charge is 2.14. The smallest absolute Gasteiger partial charge is 0.156 e. The molecule has 4 rings (SSSR count). The molecule has 7 heteroatoms. The van der Waals surface area contributed by atoms with E-state index in [1.54, 1.807) is 7.11 Å². The van der Waals surface area contributed by atoms with Crippen LogP contribution < -0.4 is 4.74 Å². The lowest BCUT2D eigenvalue weighted by atomic mass is 10.1. The van der Waals surface area contributed by atoms with Crippen LogP contribution in [-0.2, 0) is 6.61 Å². The predicted octanol–water partition coefficient (Wildman–Crippen LogP) is 4.19. The van der Waals surface area contributed by atoms with Crippen molar-refractivity contribution in [2.45, 2.75) is 13.5 Å². The summed E-state index contributed by atoms with van der Waals surface area (Å²) in [5, 5.41) is 16.7. The number of aromatic nitrogens is 4. The zero-order valence-electron chi connectivity index (χ0n) is 14.3. The van der Waals surface area contributed by atoms with E-state index in [2.05, 4.69) is 42.2 Å². The second kappa shape index (κ2) is 6.59. The molecule has 0 bridgehead atoms. The number of hydrogen-bond donors (Lipinski definition) is 3. The Morgan fingerprint density at radius 3 is 2.81 bits per heavy atom. The lowest BCUT2D eigenvalue weighted by Crippen LogP contribution is -1.91. The van der Waals surface area contributed by atoms with Gasteiger partial charge in [0, 0.05) is 10.0 Å². The summed E-state index contributed by atoms with van der Waals surface area (Å²) >= 11 is 3.54. The van der Waals surface area contributed by atoms with Crippen LogP contribution in [0.25, 0.3) is 33.8 Å². The Balaban J connectivity index is 1.75. The molecular weight excluding hydrogens is 396 g/mol. The van der Waals surface area contributed by atoms with Crippen molar-refractivity contribution in [2.75, 3.05) is 7.11 Å².